The molecule has 1 aromatic carbocycles. The highest BCUT2D eigenvalue weighted by molar-refractivity contribution is 8.00. The number of piperazine rings is 1. The summed E-state index contributed by atoms with van der Waals surface area (Å²) in [6, 6.07) is 12.2. The number of pyridine rings is 2. The number of benzene rings is 1. The van der Waals surface area contributed by atoms with E-state index in [4.69, 9.17) is 9.47 Å². The van der Waals surface area contributed by atoms with E-state index in [2.05, 4.69) is 35.5 Å². The molecule has 6 rings (SSSR count). The number of ether oxygens (including phenoxy) is 2. The summed E-state index contributed by atoms with van der Waals surface area (Å²) in [6.45, 7) is 8.19. The number of morpholine rings is 1. The number of anilines is 2. The topological polar surface area (TPSA) is 66.0 Å². The van der Waals surface area contributed by atoms with Gasteiger partial charge in [0.15, 0.2) is 0 Å². The Kier molecular flexibility index (Phi) is 8.67. The summed E-state index contributed by atoms with van der Waals surface area (Å²) in [5.74, 6) is 0.307. The van der Waals surface area contributed by atoms with E-state index in [0.29, 0.717) is 30.4 Å². The lowest BCUT2D eigenvalue weighted by Crippen LogP contribution is -2.51. The molecule has 3 fully saturated rings. The van der Waals surface area contributed by atoms with Crippen LogP contribution >= 0.6 is 11.9 Å². The molecule has 40 heavy (non-hydrogen) atoms. The van der Waals surface area contributed by atoms with Gasteiger partial charge in [0.2, 0.25) is 5.88 Å². The number of rotatable bonds is 9. The molecule has 0 bridgehead atoms. The van der Waals surface area contributed by atoms with E-state index in [1.807, 2.05) is 30.5 Å². The molecule has 1 N–H and O–H groups in total. The van der Waals surface area contributed by atoms with Gasteiger partial charge < -0.3 is 19.1 Å². The number of methoxy groups -OCH3 is 1. The van der Waals surface area contributed by atoms with Crippen LogP contribution in [0.1, 0.15) is 24.8 Å². The lowest BCUT2D eigenvalue weighted by molar-refractivity contribution is 0.0587. The molecule has 0 atom stereocenters. The third-order valence-electron chi connectivity index (χ3n) is 8.13. The largest absolute Gasteiger partial charge is 0.480 e. The van der Waals surface area contributed by atoms with Gasteiger partial charge in [0, 0.05) is 69.3 Å². The molecule has 3 aliphatic rings. The van der Waals surface area contributed by atoms with Crippen LogP contribution in [-0.4, -0.2) is 85.4 Å². The number of aromatic nitrogens is 2. The van der Waals surface area contributed by atoms with Crippen LogP contribution in [0.15, 0.2) is 53.7 Å². The van der Waals surface area contributed by atoms with Gasteiger partial charge in [-0.05, 0) is 60.7 Å². The van der Waals surface area contributed by atoms with Gasteiger partial charge in [-0.3, -0.25) is 14.8 Å². The highest BCUT2D eigenvalue weighted by Crippen LogP contribution is 2.33. The highest BCUT2D eigenvalue weighted by atomic mass is 32.2. The average molecular weight is 565 g/mol. The van der Waals surface area contributed by atoms with Crippen molar-refractivity contribution in [1.29, 1.82) is 0 Å². The van der Waals surface area contributed by atoms with E-state index in [9.17, 15) is 0 Å². The maximum atomic E-state index is 15.3. The molecular weight excluding hydrogens is 527 g/mol. The SMILES string of the molecule is COc1ncc(N2CCOCC2)cc1SNc1ccnc(-c2ccc(CN3CCN(C4CCC4)CC3)cc2F)c1. The molecule has 1 aliphatic carbocycles. The molecule has 0 amide bonds. The molecule has 212 valence electrons. The quantitative estimate of drug-likeness (QED) is 0.365. The Labute approximate surface area is 240 Å². The van der Waals surface area contributed by atoms with Crippen molar-refractivity contribution in [1.82, 2.24) is 19.8 Å². The summed E-state index contributed by atoms with van der Waals surface area (Å²) in [6.07, 6.45) is 7.61. The van der Waals surface area contributed by atoms with Crippen LogP contribution in [0.3, 0.4) is 0 Å². The lowest BCUT2D eigenvalue weighted by atomic mass is 9.91. The van der Waals surface area contributed by atoms with Crippen LogP contribution in [0, 0.1) is 5.82 Å². The summed E-state index contributed by atoms with van der Waals surface area (Å²) >= 11 is 1.41. The van der Waals surface area contributed by atoms with Gasteiger partial charge in [0.25, 0.3) is 0 Å². The zero-order valence-electron chi connectivity index (χ0n) is 23.0. The second kappa shape index (κ2) is 12.7. The molecule has 0 radical (unpaired) electrons. The van der Waals surface area contributed by atoms with Crippen molar-refractivity contribution in [3.05, 3.63) is 60.2 Å². The summed E-state index contributed by atoms with van der Waals surface area (Å²) in [7, 11) is 1.62. The molecule has 0 spiro atoms. The zero-order valence-corrected chi connectivity index (χ0v) is 23.8. The Morgan fingerprint density at radius 1 is 1.02 bits per heavy atom. The summed E-state index contributed by atoms with van der Waals surface area (Å²) in [4.78, 5) is 17.1. The van der Waals surface area contributed by atoms with Crippen molar-refractivity contribution in [2.45, 2.75) is 36.7 Å². The molecular formula is C30H37FN6O2S. The standard InChI is InChI=1S/C30H37FN6O2S/c1-38-30-29(19-25(20-33-30)37-13-15-39-16-14-37)40-34-23-7-8-32-28(18-23)26-6-5-22(17-27(26)31)21-35-9-11-36(12-10-35)24-3-2-4-24/h5-8,17-20,24H,2-4,9-16,21H2,1H3,(H,32,34). The Hall–Kier alpha value is -2.92. The number of nitrogens with one attached hydrogen (secondary N) is 1. The van der Waals surface area contributed by atoms with E-state index >= 15 is 4.39 Å². The number of hydrogen-bond donors (Lipinski definition) is 1. The maximum absolute atomic E-state index is 15.3. The first-order valence-electron chi connectivity index (χ1n) is 14.2. The van der Waals surface area contributed by atoms with Crippen molar-refractivity contribution >= 4 is 23.3 Å². The van der Waals surface area contributed by atoms with Gasteiger partial charge in [-0.1, -0.05) is 12.5 Å². The van der Waals surface area contributed by atoms with Gasteiger partial charge in [-0.15, -0.1) is 0 Å². The summed E-state index contributed by atoms with van der Waals surface area (Å²) in [5, 5.41) is 0. The maximum Gasteiger partial charge on any atom is 0.229 e. The Morgan fingerprint density at radius 2 is 1.85 bits per heavy atom. The molecule has 2 aromatic heterocycles. The average Bonchev–Trinajstić information content (AvgIpc) is 2.97. The van der Waals surface area contributed by atoms with Gasteiger partial charge in [0.05, 0.1) is 42.8 Å². The molecule has 8 nitrogen and oxygen atoms in total. The lowest BCUT2D eigenvalue weighted by Gasteiger charge is -2.43. The molecule has 3 aromatic rings. The van der Waals surface area contributed by atoms with Crippen LogP contribution in [-0.2, 0) is 11.3 Å². The molecule has 10 heteroatoms. The fourth-order valence-corrected chi connectivity index (χ4v) is 6.32. The van der Waals surface area contributed by atoms with Gasteiger partial charge >= 0.3 is 0 Å². The van der Waals surface area contributed by atoms with E-state index in [-0.39, 0.29) is 5.82 Å². The number of hydrogen-bond acceptors (Lipinski definition) is 9. The van der Waals surface area contributed by atoms with Crippen molar-refractivity contribution < 1.29 is 13.9 Å². The van der Waals surface area contributed by atoms with Gasteiger partial charge in [-0.2, -0.15) is 0 Å². The summed E-state index contributed by atoms with van der Waals surface area (Å²) < 4.78 is 29.6. The van der Waals surface area contributed by atoms with Gasteiger partial charge in [0.1, 0.15) is 5.82 Å². The molecule has 1 saturated carbocycles. The van der Waals surface area contributed by atoms with Gasteiger partial charge in [-0.25, -0.2) is 9.37 Å². The predicted molar refractivity (Wildman–Crippen MR) is 157 cm³/mol. The second-order valence-corrected chi connectivity index (χ2v) is 11.5. The highest BCUT2D eigenvalue weighted by Gasteiger charge is 2.28. The Bertz CT molecular complexity index is 1290. The van der Waals surface area contributed by atoms with Crippen LogP contribution in [0.25, 0.3) is 11.3 Å². The fraction of sp³-hybridized carbons (Fsp3) is 0.467. The third kappa shape index (κ3) is 6.35. The minimum absolute atomic E-state index is 0.244. The van der Waals surface area contributed by atoms with Crippen LogP contribution in [0.4, 0.5) is 15.8 Å². The molecule has 2 saturated heterocycles. The van der Waals surface area contributed by atoms with Crippen LogP contribution in [0.2, 0.25) is 0 Å². The second-order valence-electron chi connectivity index (χ2n) is 10.6. The van der Waals surface area contributed by atoms with Crippen molar-refractivity contribution in [3.63, 3.8) is 0 Å². The fourth-order valence-electron chi connectivity index (χ4n) is 5.56. The number of halogens is 1. The minimum Gasteiger partial charge on any atom is -0.480 e. The van der Waals surface area contributed by atoms with E-state index in [1.54, 1.807) is 19.4 Å². The smallest absolute Gasteiger partial charge is 0.229 e. The van der Waals surface area contributed by atoms with E-state index in [1.165, 1.54) is 31.2 Å². The molecule has 0 unspecified atom stereocenters. The molecule has 4 heterocycles. The monoisotopic (exact) mass is 564 g/mol. The number of nitrogens with zero attached hydrogens (tertiary/aromatic N) is 5. The first kappa shape index (κ1) is 27.3. The van der Waals surface area contributed by atoms with Crippen LogP contribution in [0.5, 0.6) is 5.88 Å². The Balaban J connectivity index is 1.09. The minimum atomic E-state index is -0.244. The van der Waals surface area contributed by atoms with Crippen LogP contribution < -0.4 is 14.4 Å². The normalized spacial score (nSPS) is 18.9. The Morgan fingerprint density at radius 3 is 2.58 bits per heavy atom. The van der Waals surface area contributed by atoms with Crippen molar-refractivity contribution in [2.75, 3.05) is 69.2 Å². The van der Waals surface area contributed by atoms with E-state index in [0.717, 1.165) is 73.7 Å². The predicted octanol–water partition coefficient (Wildman–Crippen LogP) is 4.92. The summed E-state index contributed by atoms with van der Waals surface area (Å²) in [5.41, 5.74) is 3.95. The van der Waals surface area contributed by atoms with Crippen molar-refractivity contribution in [2.24, 2.45) is 0 Å². The van der Waals surface area contributed by atoms with Crippen molar-refractivity contribution in [3.8, 4) is 17.1 Å². The first-order chi connectivity index (χ1) is 19.7. The third-order valence-corrected chi connectivity index (χ3v) is 8.98. The van der Waals surface area contributed by atoms with E-state index < -0.39 is 0 Å². The molecule has 2 aliphatic heterocycles. The zero-order chi connectivity index (χ0) is 27.3. The first-order valence-corrected chi connectivity index (χ1v) is 15.0.